The highest BCUT2D eigenvalue weighted by atomic mass is 16.3. The van der Waals surface area contributed by atoms with Crippen molar-refractivity contribution in [2.45, 2.75) is 0 Å². The zero-order chi connectivity index (χ0) is 45.0. The number of para-hydroxylation sites is 2. The Hall–Kier alpha value is -9.19. The Bertz CT molecular complexity index is 3880. The van der Waals surface area contributed by atoms with Crippen LogP contribution >= 0.6 is 0 Å². The van der Waals surface area contributed by atoms with Crippen molar-refractivity contribution >= 4 is 43.7 Å². The second-order valence-corrected chi connectivity index (χ2v) is 17.2. The lowest BCUT2D eigenvalue weighted by Crippen LogP contribution is -2.01. The zero-order valence-corrected chi connectivity index (χ0v) is 36.8. The van der Waals surface area contributed by atoms with Gasteiger partial charge in [-0.05, 0) is 111 Å². The first kappa shape index (κ1) is 39.2. The molecule has 0 aliphatic carbocycles. The van der Waals surface area contributed by atoms with Crippen LogP contribution in [0, 0.1) is 0 Å². The SMILES string of the molecule is c1ccc(-c2cc(-c3ccccc3)cc(-c3ccc(-c4ccc5oc6cc7c8ccccc8n(-c8ccccc8)c7cc6c5c4)c(-c4nc(-c5ccccc5)nc(-c5ccccc5)n4)c3)c2)cc1. The highest BCUT2D eigenvalue weighted by molar-refractivity contribution is 6.17. The quantitative estimate of drug-likeness (QED) is 0.153. The number of rotatable bonds is 8. The standard InChI is InChI=1S/C63H40N4O/c1-6-18-41(19-7-1)47-34-48(42-20-8-2-9-21-42)36-49(35-47)45-30-32-51(56(37-45)63-65-61(43-22-10-3-11-23-43)64-62(66-63)44-24-12-4-13-25-44)46-31-33-59-54(38-46)55-39-58-53(40-60(55)68-59)52-28-16-17-29-57(52)67(58)50-26-14-5-15-27-50/h1-40H. The molecule has 0 fully saturated rings. The van der Waals surface area contributed by atoms with Gasteiger partial charge < -0.3 is 8.98 Å². The van der Waals surface area contributed by atoms with Gasteiger partial charge in [0.1, 0.15) is 11.2 Å². The molecule has 0 N–H and O–H groups in total. The van der Waals surface area contributed by atoms with Gasteiger partial charge in [0, 0.05) is 43.9 Å². The lowest BCUT2D eigenvalue weighted by atomic mass is 9.90. The second kappa shape index (κ2) is 16.4. The summed E-state index contributed by atoms with van der Waals surface area (Å²) in [5.41, 5.74) is 16.6. The predicted octanol–water partition coefficient (Wildman–Crippen LogP) is 16.5. The average Bonchev–Trinajstić information content (AvgIpc) is 3.95. The molecule has 68 heavy (non-hydrogen) atoms. The summed E-state index contributed by atoms with van der Waals surface area (Å²) in [7, 11) is 0. The van der Waals surface area contributed by atoms with E-state index in [1.807, 2.05) is 36.4 Å². The van der Waals surface area contributed by atoms with E-state index in [-0.39, 0.29) is 0 Å². The molecule has 3 aromatic heterocycles. The maximum absolute atomic E-state index is 6.69. The van der Waals surface area contributed by atoms with Gasteiger partial charge in [-0.15, -0.1) is 0 Å². The third-order valence-corrected chi connectivity index (χ3v) is 13.0. The summed E-state index contributed by atoms with van der Waals surface area (Å²) in [6.45, 7) is 0. The van der Waals surface area contributed by atoms with E-state index in [4.69, 9.17) is 19.4 Å². The molecular weight excluding hydrogens is 829 g/mol. The first-order valence-corrected chi connectivity index (χ1v) is 22.9. The third kappa shape index (κ3) is 6.93. The van der Waals surface area contributed by atoms with Crippen LogP contribution in [-0.2, 0) is 0 Å². The monoisotopic (exact) mass is 868 g/mol. The van der Waals surface area contributed by atoms with Crippen LogP contribution in [0.5, 0.6) is 0 Å². The fraction of sp³-hybridized carbons (Fsp3) is 0. The molecular formula is C63H40N4O. The van der Waals surface area contributed by atoms with Gasteiger partial charge in [0.05, 0.1) is 11.0 Å². The summed E-state index contributed by atoms with van der Waals surface area (Å²) in [5, 5.41) is 4.43. The molecule has 5 nitrogen and oxygen atoms in total. The van der Waals surface area contributed by atoms with Crippen LogP contribution in [0.1, 0.15) is 0 Å². The van der Waals surface area contributed by atoms with Gasteiger partial charge in [-0.25, -0.2) is 15.0 Å². The fourth-order valence-electron chi connectivity index (χ4n) is 9.74. The number of fused-ring (bicyclic) bond motifs is 6. The summed E-state index contributed by atoms with van der Waals surface area (Å²) < 4.78 is 9.05. The minimum atomic E-state index is 0.586. The molecule has 0 spiro atoms. The molecule has 0 atom stereocenters. The van der Waals surface area contributed by atoms with Gasteiger partial charge in [0.25, 0.3) is 0 Å². The van der Waals surface area contributed by atoms with Gasteiger partial charge in [-0.3, -0.25) is 0 Å². The Morgan fingerprint density at radius 1 is 0.265 bits per heavy atom. The van der Waals surface area contributed by atoms with Crippen molar-refractivity contribution in [2.24, 2.45) is 0 Å². The van der Waals surface area contributed by atoms with Gasteiger partial charge in [0.2, 0.25) is 0 Å². The lowest BCUT2D eigenvalue weighted by Gasteiger charge is -2.16. The van der Waals surface area contributed by atoms with E-state index in [0.717, 1.165) is 105 Å². The molecule has 318 valence electrons. The highest BCUT2D eigenvalue weighted by Gasteiger charge is 2.21. The van der Waals surface area contributed by atoms with Crippen molar-refractivity contribution in [3.8, 4) is 84.4 Å². The third-order valence-electron chi connectivity index (χ3n) is 13.0. The fourth-order valence-corrected chi connectivity index (χ4v) is 9.74. The average molecular weight is 869 g/mol. The van der Waals surface area contributed by atoms with Crippen LogP contribution in [0.2, 0.25) is 0 Å². The van der Waals surface area contributed by atoms with Gasteiger partial charge in [-0.2, -0.15) is 0 Å². The van der Waals surface area contributed by atoms with Crippen molar-refractivity contribution < 1.29 is 4.42 Å². The minimum Gasteiger partial charge on any atom is -0.456 e. The Kier molecular flexibility index (Phi) is 9.43. The molecule has 13 rings (SSSR count). The summed E-state index contributed by atoms with van der Waals surface area (Å²) in [6.07, 6.45) is 0. The number of furan rings is 1. The number of aromatic nitrogens is 4. The van der Waals surface area contributed by atoms with E-state index in [2.05, 4.69) is 211 Å². The molecule has 0 aliphatic rings. The van der Waals surface area contributed by atoms with Crippen LogP contribution in [0.15, 0.2) is 247 Å². The molecule has 0 bridgehead atoms. The predicted molar refractivity (Wildman–Crippen MR) is 279 cm³/mol. The van der Waals surface area contributed by atoms with E-state index < -0.39 is 0 Å². The van der Waals surface area contributed by atoms with Gasteiger partial charge >= 0.3 is 0 Å². The van der Waals surface area contributed by atoms with Gasteiger partial charge in [-0.1, -0.05) is 176 Å². The van der Waals surface area contributed by atoms with E-state index in [0.29, 0.717) is 17.5 Å². The number of nitrogens with zero attached hydrogens (tertiary/aromatic N) is 4. The van der Waals surface area contributed by atoms with Crippen LogP contribution < -0.4 is 0 Å². The smallest absolute Gasteiger partial charge is 0.164 e. The lowest BCUT2D eigenvalue weighted by molar-refractivity contribution is 0.669. The number of hydrogen-bond acceptors (Lipinski definition) is 4. The van der Waals surface area contributed by atoms with Crippen molar-refractivity contribution in [2.75, 3.05) is 0 Å². The second-order valence-electron chi connectivity index (χ2n) is 17.2. The van der Waals surface area contributed by atoms with Crippen LogP contribution in [-0.4, -0.2) is 19.5 Å². The van der Waals surface area contributed by atoms with E-state index >= 15 is 0 Å². The van der Waals surface area contributed by atoms with Crippen molar-refractivity contribution in [1.82, 2.24) is 19.5 Å². The molecule has 0 amide bonds. The Morgan fingerprint density at radius 3 is 1.38 bits per heavy atom. The Balaban J connectivity index is 1.05. The van der Waals surface area contributed by atoms with E-state index in [9.17, 15) is 0 Å². The van der Waals surface area contributed by atoms with Crippen LogP contribution in [0.3, 0.4) is 0 Å². The first-order chi connectivity index (χ1) is 33.7. The Labute approximate surface area is 392 Å². The van der Waals surface area contributed by atoms with E-state index in [1.165, 1.54) is 5.39 Å². The maximum atomic E-state index is 6.69. The molecule has 0 saturated heterocycles. The normalized spacial score (nSPS) is 11.5. The summed E-state index contributed by atoms with van der Waals surface area (Å²) in [5.74, 6) is 1.80. The molecule has 5 heteroatoms. The van der Waals surface area contributed by atoms with Crippen molar-refractivity contribution in [3.05, 3.63) is 243 Å². The number of hydrogen-bond donors (Lipinski definition) is 0. The topological polar surface area (TPSA) is 56.7 Å². The molecule has 0 unspecified atom stereocenters. The Morgan fingerprint density at radius 2 is 0.765 bits per heavy atom. The largest absolute Gasteiger partial charge is 0.456 e. The summed E-state index contributed by atoms with van der Waals surface area (Å²) >= 11 is 0. The minimum absolute atomic E-state index is 0.586. The number of benzene rings is 10. The molecule has 10 aromatic carbocycles. The summed E-state index contributed by atoms with van der Waals surface area (Å²) in [6, 6.07) is 85.3. The first-order valence-electron chi connectivity index (χ1n) is 22.9. The highest BCUT2D eigenvalue weighted by Crippen LogP contribution is 2.43. The molecule has 0 aliphatic heterocycles. The zero-order valence-electron chi connectivity index (χ0n) is 36.8. The van der Waals surface area contributed by atoms with Crippen molar-refractivity contribution in [3.63, 3.8) is 0 Å². The van der Waals surface area contributed by atoms with Gasteiger partial charge in [0.15, 0.2) is 17.5 Å². The van der Waals surface area contributed by atoms with E-state index in [1.54, 1.807) is 0 Å². The van der Waals surface area contributed by atoms with Crippen molar-refractivity contribution in [1.29, 1.82) is 0 Å². The molecule has 0 radical (unpaired) electrons. The summed E-state index contributed by atoms with van der Waals surface area (Å²) in [4.78, 5) is 15.7. The molecule has 0 saturated carbocycles. The maximum Gasteiger partial charge on any atom is 0.164 e. The molecule has 13 aromatic rings. The molecule has 3 heterocycles. The van der Waals surface area contributed by atoms with Crippen LogP contribution in [0.4, 0.5) is 0 Å². The van der Waals surface area contributed by atoms with Crippen LogP contribution in [0.25, 0.3) is 128 Å².